The Labute approximate surface area is 99.1 Å². The Balaban J connectivity index is 2.28. The Bertz CT molecular complexity index is 529. The summed E-state index contributed by atoms with van der Waals surface area (Å²) in [5.74, 6) is 0.133. The van der Waals surface area contributed by atoms with E-state index in [0.717, 1.165) is 11.1 Å². The van der Waals surface area contributed by atoms with E-state index in [1.54, 1.807) is 24.4 Å². The monoisotopic (exact) mass is 232 g/mol. The number of pyridine rings is 1. The van der Waals surface area contributed by atoms with Crippen LogP contribution in [0.5, 0.6) is 11.6 Å². The average molecular weight is 232 g/mol. The van der Waals surface area contributed by atoms with Crippen molar-refractivity contribution >= 4 is 0 Å². The van der Waals surface area contributed by atoms with Crippen molar-refractivity contribution in [1.29, 1.82) is 0 Å². The molecule has 3 nitrogen and oxygen atoms in total. The second-order valence-electron chi connectivity index (χ2n) is 3.70. The lowest BCUT2D eigenvalue weighted by molar-refractivity contribution is 0.424. The predicted octanol–water partition coefficient (Wildman–Crippen LogP) is 2.78. The Morgan fingerprint density at radius 1 is 1.35 bits per heavy atom. The zero-order valence-corrected chi connectivity index (χ0v) is 9.48. The van der Waals surface area contributed by atoms with E-state index in [1.165, 1.54) is 6.07 Å². The molecular formula is C13H13FN2O. The first kappa shape index (κ1) is 11.5. The van der Waals surface area contributed by atoms with Gasteiger partial charge in [-0.25, -0.2) is 9.37 Å². The van der Waals surface area contributed by atoms with Crippen molar-refractivity contribution in [2.45, 2.75) is 13.5 Å². The Kier molecular flexibility index (Phi) is 3.35. The number of aromatic nitrogens is 1. The minimum absolute atomic E-state index is 0.156. The molecule has 2 N–H and O–H groups in total. The predicted molar refractivity (Wildman–Crippen MR) is 63.3 cm³/mol. The van der Waals surface area contributed by atoms with Gasteiger partial charge in [-0.2, -0.15) is 0 Å². The maximum Gasteiger partial charge on any atom is 0.222 e. The zero-order chi connectivity index (χ0) is 12.3. The van der Waals surface area contributed by atoms with Crippen molar-refractivity contribution in [3.63, 3.8) is 0 Å². The van der Waals surface area contributed by atoms with Crippen LogP contribution < -0.4 is 10.5 Å². The van der Waals surface area contributed by atoms with Crippen LogP contribution in [-0.4, -0.2) is 4.98 Å². The number of hydrogen-bond acceptors (Lipinski definition) is 3. The van der Waals surface area contributed by atoms with E-state index in [1.807, 2.05) is 13.0 Å². The summed E-state index contributed by atoms with van der Waals surface area (Å²) in [5.41, 5.74) is 7.01. The second-order valence-corrected chi connectivity index (χ2v) is 3.70. The summed E-state index contributed by atoms with van der Waals surface area (Å²) in [5, 5.41) is 0. The lowest BCUT2D eigenvalue weighted by Gasteiger charge is -2.08. The van der Waals surface area contributed by atoms with Crippen molar-refractivity contribution in [3.8, 4) is 11.6 Å². The van der Waals surface area contributed by atoms with Gasteiger partial charge >= 0.3 is 0 Å². The van der Waals surface area contributed by atoms with E-state index < -0.39 is 5.82 Å². The van der Waals surface area contributed by atoms with E-state index >= 15 is 0 Å². The van der Waals surface area contributed by atoms with Crippen LogP contribution in [0.3, 0.4) is 0 Å². The SMILES string of the molecule is Cc1cccnc1Oc1ccc(CN)cc1F. The number of rotatable bonds is 3. The first-order chi connectivity index (χ1) is 8.20. The summed E-state index contributed by atoms with van der Waals surface area (Å²) in [6.07, 6.45) is 1.61. The van der Waals surface area contributed by atoms with Gasteiger partial charge in [0.25, 0.3) is 0 Å². The number of ether oxygens (including phenoxy) is 1. The summed E-state index contributed by atoms with van der Waals surface area (Å²) in [6.45, 7) is 2.16. The quantitative estimate of drug-likeness (QED) is 0.885. The summed E-state index contributed by atoms with van der Waals surface area (Å²) in [4.78, 5) is 4.04. The molecule has 1 heterocycles. The van der Waals surface area contributed by atoms with Gasteiger partial charge in [-0.15, -0.1) is 0 Å². The summed E-state index contributed by atoms with van der Waals surface area (Å²) in [6, 6.07) is 8.32. The molecule has 2 aromatic rings. The van der Waals surface area contributed by atoms with Gasteiger partial charge in [0.15, 0.2) is 11.6 Å². The molecule has 0 saturated carbocycles. The highest BCUT2D eigenvalue weighted by molar-refractivity contribution is 5.34. The fourth-order valence-electron chi connectivity index (χ4n) is 1.44. The molecule has 1 aromatic heterocycles. The van der Waals surface area contributed by atoms with Crippen molar-refractivity contribution < 1.29 is 9.13 Å². The van der Waals surface area contributed by atoms with Crippen LogP contribution in [-0.2, 0) is 6.54 Å². The molecule has 1 aromatic carbocycles. The summed E-state index contributed by atoms with van der Waals surface area (Å²) >= 11 is 0. The number of halogens is 1. The molecule has 0 aliphatic carbocycles. The third-order valence-corrected chi connectivity index (χ3v) is 2.40. The lowest BCUT2D eigenvalue weighted by atomic mass is 10.2. The molecular weight excluding hydrogens is 219 g/mol. The number of aryl methyl sites for hydroxylation is 1. The minimum atomic E-state index is -0.432. The van der Waals surface area contributed by atoms with Crippen LogP contribution in [0.25, 0.3) is 0 Å². The number of nitrogens with two attached hydrogens (primary N) is 1. The van der Waals surface area contributed by atoms with E-state index in [4.69, 9.17) is 10.5 Å². The molecule has 0 aliphatic rings. The molecule has 0 amide bonds. The zero-order valence-electron chi connectivity index (χ0n) is 9.48. The summed E-state index contributed by atoms with van der Waals surface area (Å²) < 4.78 is 19.1. The molecule has 0 saturated heterocycles. The summed E-state index contributed by atoms with van der Waals surface area (Å²) in [7, 11) is 0. The van der Waals surface area contributed by atoms with Gasteiger partial charge in [0.2, 0.25) is 5.88 Å². The third-order valence-electron chi connectivity index (χ3n) is 2.40. The normalized spacial score (nSPS) is 10.3. The van der Waals surface area contributed by atoms with Crippen molar-refractivity contribution in [2.75, 3.05) is 0 Å². The van der Waals surface area contributed by atoms with Crippen molar-refractivity contribution in [2.24, 2.45) is 5.73 Å². The highest BCUT2D eigenvalue weighted by Gasteiger charge is 2.07. The molecule has 88 valence electrons. The molecule has 0 unspecified atom stereocenters. The maximum atomic E-state index is 13.6. The molecule has 0 spiro atoms. The Morgan fingerprint density at radius 3 is 2.82 bits per heavy atom. The van der Waals surface area contributed by atoms with Gasteiger partial charge in [0, 0.05) is 18.3 Å². The third kappa shape index (κ3) is 2.60. The maximum absolute atomic E-state index is 13.6. The highest BCUT2D eigenvalue weighted by Crippen LogP contribution is 2.25. The smallest absolute Gasteiger partial charge is 0.222 e. The molecule has 17 heavy (non-hydrogen) atoms. The topological polar surface area (TPSA) is 48.1 Å². The number of nitrogens with zero attached hydrogens (tertiary/aromatic N) is 1. The largest absolute Gasteiger partial charge is 0.436 e. The lowest BCUT2D eigenvalue weighted by Crippen LogP contribution is -1.98. The first-order valence-electron chi connectivity index (χ1n) is 5.28. The standard InChI is InChI=1S/C13H13FN2O/c1-9-3-2-6-16-13(9)17-12-5-4-10(8-15)7-11(12)14/h2-7H,8,15H2,1H3. The van der Waals surface area contributed by atoms with Crippen LogP contribution in [0.15, 0.2) is 36.5 Å². The Morgan fingerprint density at radius 2 is 2.18 bits per heavy atom. The number of benzene rings is 1. The van der Waals surface area contributed by atoms with Gasteiger partial charge in [-0.1, -0.05) is 12.1 Å². The fourth-order valence-corrected chi connectivity index (χ4v) is 1.44. The van der Waals surface area contributed by atoms with Gasteiger partial charge in [-0.05, 0) is 30.7 Å². The van der Waals surface area contributed by atoms with Crippen molar-refractivity contribution in [1.82, 2.24) is 4.98 Å². The van der Waals surface area contributed by atoms with Gasteiger partial charge in [0.1, 0.15) is 0 Å². The van der Waals surface area contributed by atoms with E-state index in [-0.39, 0.29) is 5.75 Å². The molecule has 0 radical (unpaired) electrons. The van der Waals surface area contributed by atoms with Crippen LogP contribution in [0.2, 0.25) is 0 Å². The molecule has 0 aliphatic heterocycles. The minimum Gasteiger partial charge on any atom is -0.436 e. The van der Waals surface area contributed by atoms with E-state index in [2.05, 4.69) is 4.98 Å². The van der Waals surface area contributed by atoms with E-state index in [9.17, 15) is 4.39 Å². The average Bonchev–Trinajstić information content (AvgIpc) is 2.34. The van der Waals surface area contributed by atoms with Crippen LogP contribution in [0, 0.1) is 12.7 Å². The van der Waals surface area contributed by atoms with Crippen LogP contribution in [0.1, 0.15) is 11.1 Å². The number of hydrogen-bond donors (Lipinski definition) is 1. The molecule has 4 heteroatoms. The van der Waals surface area contributed by atoms with Gasteiger partial charge in [0.05, 0.1) is 0 Å². The molecule has 0 atom stereocenters. The van der Waals surface area contributed by atoms with Crippen LogP contribution in [0.4, 0.5) is 4.39 Å². The Hall–Kier alpha value is -1.94. The van der Waals surface area contributed by atoms with Crippen LogP contribution >= 0.6 is 0 Å². The highest BCUT2D eigenvalue weighted by atomic mass is 19.1. The molecule has 2 rings (SSSR count). The van der Waals surface area contributed by atoms with Crippen molar-refractivity contribution in [3.05, 3.63) is 53.5 Å². The van der Waals surface area contributed by atoms with Gasteiger partial charge < -0.3 is 10.5 Å². The molecule has 0 fully saturated rings. The van der Waals surface area contributed by atoms with Gasteiger partial charge in [-0.3, -0.25) is 0 Å². The molecule has 0 bridgehead atoms. The first-order valence-corrected chi connectivity index (χ1v) is 5.28. The second kappa shape index (κ2) is 4.93. The van der Waals surface area contributed by atoms with E-state index in [0.29, 0.717) is 12.4 Å². The fraction of sp³-hybridized carbons (Fsp3) is 0.154.